The minimum atomic E-state index is 1.69. The fourth-order valence-corrected chi connectivity index (χ4v) is 0.408. The second-order valence-corrected chi connectivity index (χ2v) is 1.86. The molecule has 10 heavy (non-hydrogen) atoms. The SMILES string of the molecule is C=CC.CC=CSC.CS. The van der Waals surface area contributed by atoms with Crippen LogP contribution in [0.5, 0.6) is 0 Å². The molecule has 0 saturated heterocycles. The lowest BCUT2D eigenvalue weighted by Crippen LogP contribution is -1.34. The molecule has 0 aliphatic heterocycles. The van der Waals surface area contributed by atoms with E-state index in [0.29, 0.717) is 0 Å². The van der Waals surface area contributed by atoms with Gasteiger partial charge in [0.15, 0.2) is 0 Å². The van der Waals surface area contributed by atoms with E-state index in [1.54, 1.807) is 24.1 Å². The Labute approximate surface area is 75.2 Å². The summed E-state index contributed by atoms with van der Waals surface area (Å²) in [6.45, 7) is 7.26. The Kier molecular flexibility index (Phi) is 58.5. The molecule has 2 heteroatoms. The summed E-state index contributed by atoms with van der Waals surface area (Å²) in [4.78, 5) is 0. The van der Waals surface area contributed by atoms with Gasteiger partial charge in [-0.05, 0) is 31.8 Å². The van der Waals surface area contributed by atoms with Crippen molar-refractivity contribution in [2.75, 3.05) is 12.5 Å². The summed E-state index contributed by atoms with van der Waals surface area (Å²) >= 11 is 5.25. The van der Waals surface area contributed by atoms with E-state index in [-0.39, 0.29) is 0 Å². The van der Waals surface area contributed by atoms with E-state index in [1.165, 1.54) is 0 Å². The van der Waals surface area contributed by atoms with Gasteiger partial charge in [-0.1, -0.05) is 12.2 Å². The zero-order valence-corrected chi connectivity index (χ0v) is 9.01. The molecule has 0 heterocycles. The van der Waals surface area contributed by atoms with Gasteiger partial charge in [0, 0.05) is 0 Å². The Morgan fingerprint density at radius 2 is 1.60 bits per heavy atom. The van der Waals surface area contributed by atoms with Gasteiger partial charge in [0.1, 0.15) is 0 Å². The number of rotatable bonds is 1. The molecule has 62 valence electrons. The molecule has 0 radical (unpaired) electrons. The van der Waals surface area contributed by atoms with Gasteiger partial charge in [0.2, 0.25) is 0 Å². The lowest BCUT2D eigenvalue weighted by Gasteiger charge is -1.66. The third-order valence-corrected chi connectivity index (χ3v) is 0.816. The highest BCUT2D eigenvalue weighted by Gasteiger charge is 1.51. The van der Waals surface area contributed by atoms with Crippen molar-refractivity contribution in [2.24, 2.45) is 0 Å². The second-order valence-electron chi connectivity index (χ2n) is 1.11. The lowest BCUT2D eigenvalue weighted by atomic mass is 10.8. The average Bonchev–Trinajstić information content (AvgIpc) is 1.96. The average molecular weight is 178 g/mol. The van der Waals surface area contributed by atoms with E-state index in [4.69, 9.17) is 0 Å². The Bertz CT molecular complexity index is 58.3. The van der Waals surface area contributed by atoms with E-state index in [1.807, 2.05) is 31.6 Å². The summed E-state index contributed by atoms with van der Waals surface area (Å²) in [5.74, 6) is 0. The first kappa shape index (κ1) is 16.6. The molecular weight excluding hydrogens is 160 g/mol. The molecule has 0 saturated carbocycles. The minimum absolute atomic E-state index is 1.69. The molecule has 0 aliphatic carbocycles. The molecular formula is C8H18S2. The van der Waals surface area contributed by atoms with Crippen LogP contribution < -0.4 is 0 Å². The monoisotopic (exact) mass is 178 g/mol. The molecule has 0 nitrogen and oxygen atoms in total. The second kappa shape index (κ2) is 35.2. The van der Waals surface area contributed by atoms with Gasteiger partial charge in [-0.3, -0.25) is 0 Å². The summed E-state index contributed by atoms with van der Waals surface area (Å²) < 4.78 is 0. The van der Waals surface area contributed by atoms with Crippen molar-refractivity contribution in [1.29, 1.82) is 0 Å². The quantitative estimate of drug-likeness (QED) is 0.473. The molecule has 0 aromatic carbocycles. The maximum absolute atomic E-state index is 3.53. The molecule has 0 unspecified atom stereocenters. The van der Waals surface area contributed by atoms with E-state index in [0.717, 1.165) is 0 Å². The topological polar surface area (TPSA) is 0 Å². The van der Waals surface area contributed by atoms with Crippen LogP contribution in [0.1, 0.15) is 13.8 Å². The predicted octanol–water partition coefficient (Wildman–Crippen LogP) is 3.62. The molecule has 0 aliphatic rings. The highest BCUT2D eigenvalue weighted by Crippen LogP contribution is 1.89. The van der Waals surface area contributed by atoms with Crippen molar-refractivity contribution >= 4 is 24.4 Å². The zero-order chi connectivity index (χ0) is 8.83. The molecule has 0 fully saturated rings. The normalized spacial score (nSPS) is 6.90. The predicted molar refractivity (Wildman–Crippen MR) is 59.1 cm³/mol. The summed E-state index contributed by atoms with van der Waals surface area (Å²) in [5.41, 5.74) is 0. The number of hydrogen-bond acceptors (Lipinski definition) is 2. The fourth-order valence-electron chi connectivity index (χ4n) is 0.136. The first-order valence-corrected chi connectivity index (χ1v) is 5.17. The van der Waals surface area contributed by atoms with Gasteiger partial charge >= 0.3 is 0 Å². The molecule has 0 spiro atoms. The minimum Gasteiger partial charge on any atom is -0.183 e. The highest BCUT2D eigenvalue weighted by atomic mass is 32.2. The standard InChI is InChI=1S/C4H8S.C3H6.CH4S/c1-3-4-5-2;1-3-2;1-2/h3-4H,1-2H3;3H,1H2,2H3;2H,1H3. The summed E-state index contributed by atoms with van der Waals surface area (Å²) in [6, 6.07) is 0. The molecule has 0 atom stereocenters. The van der Waals surface area contributed by atoms with Crippen molar-refractivity contribution in [1.82, 2.24) is 0 Å². The van der Waals surface area contributed by atoms with Crippen molar-refractivity contribution < 1.29 is 0 Å². The van der Waals surface area contributed by atoms with Gasteiger partial charge < -0.3 is 0 Å². The van der Waals surface area contributed by atoms with Crippen molar-refractivity contribution in [3.05, 3.63) is 24.1 Å². The van der Waals surface area contributed by atoms with Crippen LogP contribution >= 0.6 is 24.4 Å². The maximum Gasteiger partial charge on any atom is -0.0142 e. The first-order chi connectivity index (χ1) is 4.83. The number of thioether (sulfide) groups is 1. The highest BCUT2D eigenvalue weighted by molar-refractivity contribution is 8.01. The van der Waals surface area contributed by atoms with Gasteiger partial charge in [-0.2, -0.15) is 12.6 Å². The summed E-state index contributed by atoms with van der Waals surface area (Å²) in [6.07, 6.45) is 7.50. The maximum atomic E-state index is 3.53. The molecule has 0 aromatic heterocycles. The van der Waals surface area contributed by atoms with Crippen molar-refractivity contribution in [3.63, 3.8) is 0 Å². The van der Waals surface area contributed by atoms with E-state index < -0.39 is 0 Å². The largest absolute Gasteiger partial charge is 0.183 e. The smallest absolute Gasteiger partial charge is 0.0142 e. The Hall–Kier alpha value is 0.180. The van der Waals surface area contributed by atoms with Crippen LogP contribution in [0.4, 0.5) is 0 Å². The van der Waals surface area contributed by atoms with Gasteiger partial charge in [0.25, 0.3) is 0 Å². The molecule has 0 N–H and O–H groups in total. The van der Waals surface area contributed by atoms with Crippen LogP contribution in [0.2, 0.25) is 0 Å². The van der Waals surface area contributed by atoms with Crippen LogP contribution in [-0.2, 0) is 0 Å². The lowest BCUT2D eigenvalue weighted by molar-refractivity contribution is 1.79. The van der Waals surface area contributed by atoms with Gasteiger partial charge in [0.05, 0.1) is 0 Å². The van der Waals surface area contributed by atoms with Gasteiger partial charge in [-0.25, -0.2) is 0 Å². The van der Waals surface area contributed by atoms with Crippen LogP contribution in [0.3, 0.4) is 0 Å². The first-order valence-electron chi connectivity index (χ1n) is 2.99. The fraction of sp³-hybridized carbons (Fsp3) is 0.500. The Balaban J connectivity index is -0.0000000847. The molecule has 0 rings (SSSR count). The van der Waals surface area contributed by atoms with E-state index in [9.17, 15) is 0 Å². The summed E-state index contributed by atoms with van der Waals surface area (Å²) in [5, 5.41) is 2.04. The van der Waals surface area contributed by atoms with E-state index >= 15 is 0 Å². The molecule has 0 amide bonds. The van der Waals surface area contributed by atoms with Crippen LogP contribution in [0.15, 0.2) is 24.1 Å². The molecule has 0 aromatic rings. The third kappa shape index (κ3) is 88.7. The Morgan fingerprint density at radius 3 is 1.60 bits per heavy atom. The zero-order valence-electron chi connectivity index (χ0n) is 7.29. The summed E-state index contributed by atoms with van der Waals surface area (Å²) in [7, 11) is 0. The Morgan fingerprint density at radius 1 is 1.30 bits per heavy atom. The van der Waals surface area contributed by atoms with Crippen molar-refractivity contribution in [3.8, 4) is 0 Å². The third-order valence-electron chi connectivity index (χ3n) is 0.272. The number of hydrogen-bond donors (Lipinski definition) is 1. The van der Waals surface area contributed by atoms with Crippen LogP contribution in [-0.4, -0.2) is 12.5 Å². The van der Waals surface area contributed by atoms with Crippen LogP contribution in [0.25, 0.3) is 0 Å². The van der Waals surface area contributed by atoms with Crippen molar-refractivity contribution in [2.45, 2.75) is 13.8 Å². The van der Waals surface area contributed by atoms with Crippen LogP contribution in [0, 0.1) is 0 Å². The number of thiol groups is 1. The molecule has 0 bridgehead atoms. The van der Waals surface area contributed by atoms with Gasteiger partial charge in [-0.15, -0.1) is 18.3 Å². The number of allylic oxidation sites excluding steroid dienone is 2. The van der Waals surface area contributed by atoms with E-state index in [2.05, 4.69) is 19.2 Å².